The van der Waals surface area contributed by atoms with E-state index in [-0.39, 0.29) is 5.54 Å². The Hall–Kier alpha value is -1.75. The van der Waals surface area contributed by atoms with E-state index in [1.807, 2.05) is 30.3 Å². The summed E-state index contributed by atoms with van der Waals surface area (Å²) < 4.78 is 1.78. The van der Waals surface area contributed by atoms with Gasteiger partial charge in [0.1, 0.15) is 0 Å². The molecular formula is C13H17N5. The Morgan fingerprint density at radius 3 is 2.61 bits per heavy atom. The maximum Gasteiger partial charge on any atom is 0.158 e. The van der Waals surface area contributed by atoms with Crippen LogP contribution in [0.4, 0.5) is 0 Å². The lowest BCUT2D eigenvalue weighted by Gasteiger charge is -2.22. The molecule has 1 fully saturated rings. The lowest BCUT2D eigenvalue weighted by molar-refractivity contribution is 0.422. The molecule has 0 amide bonds. The number of nitrogens with zero attached hydrogens (tertiary/aromatic N) is 4. The molecule has 2 N–H and O–H groups in total. The van der Waals surface area contributed by atoms with Crippen LogP contribution in [0.25, 0.3) is 5.69 Å². The van der Waals surface area contributed by atoms with Gasteiger partial charge in [-0.1, -0.05) is 31.0 Å². The highest BCUT2D eigenvalue weighted by Gasteiger charge is 2.31. The molecule has 0 unspecified atom stereocenters. The second-order valence-corrected chi connectivity index (χ2v) is 5.09. The summed E-state index contributed by atoms with van der Waals surface area (Å²) in [6.07, 6.45) is 5.30. The van der Waals surface area contributed by atoms with Gasteiger partial charge in [-0.15, -0.1) is 5.10 Å². The Balaban J connectivity index is 1.88. The minimum Gasteiger partial charge on any atom is -0.325 e. The zero-order valence-corrected chi connectivity index (χ0v) is 10.3. The van der Waals surface area contributed by atoms with Crippen LogP contribution >= 0.6 is 0 Å². The van der Waals surface area contributed by atoms with Crippen LogP contribution in [0.5, 0.6) is 0 Å². The maximum atomic E-state index is 6.39. The zero-order valence-electron chi connectivity index (χ0n) is 10.3. The largest absolute Gasteiger partial charge is 0.325 e. The van der Waals surface area contributed by atoms with Gasteiger partial charge in [-0.2, -0.15) is 4.68 Å². The van der Waals surface area contributed by atoms with Crippen LogP contribution in [0.3, 0.4) is 0 Å². The Labute approximate surface area is 106 Å². The van der Waals surface area contributed by atoms with Crippen molar-refractivity contribution in [3.05, 3.63) is 36.2 Å². The molecule has 0 atom stereocenters. The van der Waals surface area contributed by atoms with Crippen molar-refractivity contribution in [2.24, 2.45) is 5.73 Å². The fourth-order valence-electron chi connectivity index (χ4n) is 2.66. The minimum absolute atomic E-state index is 0.124. The van der Waals surface area contributed by atoms with Crippen molar-refractivity contribution in [2.75, 3.05) is 0 Å². The highest BCUT2D eigenvalue weighted by Crippen LogP contribution is 2.30. The fourth-order valence-corrected chi connectivity index (χ4v) is 2.66. The molecule has 3 rings (SSSR count). The van der Waals surface area contributed by atoms with E-state index in [0.29, 0.717) is 0 Å². The predicted octanol–water partition coefficient (Wildman–Crippen LogP) is 1.48. The number of para-hydroxylation sites is 1. The van der Waals surface area contributed by atoms with Gasteiger partial charge in [0.2, 0.25) is 0 Å². The number of rotatable bonds is 3. The zero-order chi connectivity index (χ0) is 12.4. The number of aromatic nitrogens is 4. The Kier molecular flexibility index (Phi) is 2.83. The van der Waals surface area contributed by atoms with Crippen molar-refractivity contribution in [3.8, 4) is 5.69 Å². The van der Waals surface area contributed by atoms with E-state index >= 15 is 0 Å². The SMILES string of the molecule is NC1(Cc2nnnn2-c2ccccc2)CCCC1. The van der Waals surface area contributed by atoms with Gasteiger partial charge in [-0.25, -0.2) is 0 Å². The first-order valence-electron chi connectivity index (χ1n) is 6.38. The first-order valence-corrected chi connectivity index (χ1v) is 6.38. The topological polar surface area (TPSA) is 69.6 Å². The first-order chi connectivity index (χ1) is 8.77. The van der Waals surface area contributed by atoms with Gasteiger partial charge in [0.25, 0.3) is 0 Å². The third kappa shape index (κ3) is 2.13. The quantitative estimate of drug-likeness (QED) is 0.886. The third-order valence-electron chi connectivity index (χ3n) is 3.64. The summed E-state index contributed by atoms with van der Waals surface area (Å²) >= 11 is 0. The number of benzene rings is 1. The van der Waals surface area contributed by atoms with Crippen molar-refractivity contribution in [2.45, 2.75) is 37.6 Å². The van der Waals surface area contributed by atoms with Gasteiger partial charge >= 0.3 is 0 Å². The van der Waals surface area contributed by atoms with Gasteiger partial charge in [0, 0.05) is 12.0 Å². The second kappa shape index (κ2) is 4.49. The van der Waals surface area contributed by atoms with E-state index in [1.165, 1.54) is 12.8 Å². The molecule has 2 aromatic rings. The van der Waals surface area contributed by atoms with Crippen molar-refractivity contribution in [3.63, 3.8) is 0 Å². The average Bonchev–Trinajstić information content (AvgIpc) is 3.00. The lowest BCUT2D eigenvalue weighted by Crippen LogP contribution is -2.39. The molecule has 0 radical (unpaired) electrons. The molecule has 0 spiro atoms. The van der Waals surface area contributed by atoms with Gasteiger partial charge in [0.15, 0.2) is 5.82 Å². The Bertz CT molecular complexity index is 513. The van der Waals surface area contributed by atoms with Crippen LogP contribution in [-0.4, -0.2) is 25.7 Å². The van der Waals surface area contributed by atoms with Crippen LogP contribution < -0.4 is 5.73 Å². The standard InChI is InChI=1S/C13H17N5/c14-13(8-4-5-9-13)10-12-15-16-17-18(12)11-6-2-1-3-7-11/h1-3,6-7H,4-5,8-10,14H2. The molecule has 5 nitrogen and oxygen atoms in total. The minimum atomic E-state index is -0.124. The summed E-state index contributed by atoms with van der Waals surface area (Å²) in [6, 6.07) is 9.94. The molecule has 1 aromatic heterocycles. The summed E-state index contributed by atoms with van der Waals surface area (Å²) in [6.45, 7) is 0. The van der Waals surface area contributed by atoms with Crippen LogP contribution in [0.2, 0.25) is 0 Å². The molecule has 18 heavy (non-hydrogen) atoms. The van der Waals surface area contributed by atoms with Gasteiger partial charge in [-0.3, -0.25) is 0 Å². The Morgan fingerprint density at radius 1 is 1.17 bits per heavy atom. The molecule has 1 aliphatic carbocycles. The van der Waals surface area contributed by atoms with Crippen molar-refractivity contribution in [1.29, 1.82) is 0 Å². The molecule has 0 saturated heterocycles. The number of tetrazole rings is 1. The maximum absolute atomic E-state index is 6.39. The normalized spacial score (nSPS) is 18.1. The molecular weight excluding hydrogens is 226 g/mol. The number of hydrogen-bond acceptors (Lipinski definition) is 4. The van der Waals surface area contributed by atoms with E-state index in [4.69, 9.17) is 5.73 Å². The van der Waals surface area contributed by atoms with E-state index in [1.54, 1.807) is 4.68 Å². The summed E-state index contributed by atoms with van der Waals surface area (Å²) in [7, 11) is 0. The van der Waals surface area contributed by atoms with E-state index < -0.39 is 0 Å². The molecule has 1 aromatic carbocycles. The lowest BCUT2D eigenvalue weighted by atomic mass is 9.94. The summed E-state index contributed by atoms with van der Waals surface area (Å²) in [5, 5.41) is 12.0. The monoisotopic (exact) mass is 243 g/mol. The molecule has 0 bridgehead atoms. The molecule has 1 aliphatic rings. The summed E-state index contributed by atoms with van der Waals surface area (Å²) in [5.41, 5.74) is 7.25. The van der Waals surface area contributed by atoms with E-state index in [0.717, 1.165) is 30.8 Å². The van der Waals surface area contributed by atoms with Crippen molar-refractivity contribution >= 4 is 0 Å². The molecule has 5 heteroatoms. The average molecular weight is 243 g/mol. The van der Waals surface area contributed by atoms with Gasteiger partial charge in [0.05, 0.1) is 5.69 Å². The summed E-state index contributed by atoms with van der Waals surface area (Å²) in [5.74, 6) is 0.852. The molecule has 94 valence electrons. The van der Waals surface area contributed by atoms with Gasteiger partial charge < -0.3 is 5.73 Å². The highest BCUT2D eigenvalue weighted by atomic mass is 15.5. The number of hydrogen-bond donors (Lipinski definition) is 1. The van der Waals surface area contributed by atoms with Crippen LogP contribution in [0, 0.1) is 0 Å². The van der Waals surface area contributed by atoms with Gasteiger partial charge in [-0.05, 0) is 35.4 Å². The highest BCUT2D eigenvalue weighted by molar-refractivity contribution is 5.30. The fraction of sp³-hybridized carbons (Fsp3) is 0.462. The van der Waals surface area contributed by atoms with Crippen LogP contribution in [-0.2, 0) is 6.42 Å². The van der Waals surface area contributed by atoms with Crippen LogP contribution in [0.1, 0.15) is 31.5 Å². The first kappa shape index (κ1) is 11.3. The smallest absolute Gasteiger partial charge is 0.158 e. The Morgan fingerprint density at radius 2 is 1.89 bits per heavy atom. The molecule has 1 saturated carbocycles. The number of nitrogens with two attached hydrogens (primary N) is 1. The molecule has 0 aliphatic heterocycles. The third-order valence-corrected chi connectivity index (χ3v) is 3.64. The summed E-state index contributed by atoms with van der Waals surface area (Å²) in [4.78, 5) is 0. The predicted molar refractivity (Wildman–Crippen MR) is 68.2 cm³/mol. The molecule has 1 heterocycles. The van der Waals surface area contributed by atoms with E-state index in [9.17, 15) is 0 Å². The van der Waals surface area contributed by atoms with E-state index in [2.05, 4.69) is 15.5 Å². The second-order valence-electron chi connectivity index (χ2n) is 5.09. The van der Waals surface area contributed by atoms with Crippen molar-refractivity contribution in [1.82, 2.24) is 20.2 Å². The van der Waals surface area contributed by atoms with Crippen LogP contribution in [0.15, 0.2) is 30.3 Å². The van der Waals surface area contributed by atoms with Crippen molar-refractivity contribution < 1.29 is 0 Å².